The molecule has 24 heavy (non-hydrogen) atoms. The van der Waals surface area contributed by atoms with E-state index in [1.165, 1.54) is 51.4 Å². The van der Waals surface area contributed by atoms with Crippen molar-refractivity contribution >= 4 is 5.97 Å². The maximum absolute atomic E-state index is 11.9. The van der Waals surface area contributed by atoms with Crippen LogP contribution in [0.3, 0.4) is 0 Å². The van der Waals surface area contributed by atoms with Crippen LogP contribution < -0.4 is 0 Å². The van der Waals surface area contributed by atoms with E-state index in [1.807, 2.05) is 0 Å². The zero-order chi connectivity index (χ0) is 17.2. The summed E-state index contributed by atoms with van der Waals surface area (Å²) in [7, 11) is 0. The first-order valence-corrected chi connectivity index (χ1v) is 10.3. The van der Waals surface area contributed by atoms with Crippen molar-refractivity contribution in [3.05, 3.63) is 0 Å². The van der Waals surface area contributed by atoms with Gasteiger partial charge in [0, 0.05) is 0 Å². The molecule has 0 aromatic rings. The summed E-state index contributed by atoms with van der Waals surface area (Å²) in [5, 5.41) is 0. The van der Waals surface area contributed by atoms with Gasteiger partial charge in [-0.15, -0.1) is 0 Å². The van der Waals surface area contributed by atoms with Gasteiger partial charge < -0.3 is 14.2 Å². The van der Waals surface area contributed by atoms with Crippen LogP contribution in [0.4, 0.5) is 0 Å². The first-order valence-electron chi connectivity index (χ1n) is 10.3. The van der Waals surface area contributed by atoms with Gasteiger partial charge >= 0.3 is 5.97 Å². The van der Waals surface area contributed by atoms with Gasteiger partial charge in [-0.2, -0.15) is 0 Å². The second kappa shape index (κ2) is 11.1. The number of unbranched alkanes of at least 4 members (excludes halogenated alkanes) is 9. The molecule has 0 N–H and O–H groups in total. The largest absolute Gasteiger partial charge is 0.464 e. The number of rotatable bonds is 15. The molecule has 2 saturated heterocycles. The molecule has 2 aliphatic rings. The minimum absolute atomic E-state index is 0.0400. The van der Waals surface area contributed by atoms with Crippen LogP contribution in [-0.4, -0.2) is 37.0 Å². The van der Waals surface area contributed by atoms with Crippen LogP contribution in [0.15, 0.2) is 0 Å². The smallest absolute Gasteiger partial charge is 0.338 e. The van der Waals surface area contributed by atoms with Crippen molar-refractivity contribution in [2.45, 2.75) is 115 Å². The SMILES string of the molecule is CCCCCCCCCCCCOC(=O)C1OC1C1OC1CCC. The summed E-state index contributed by atoms with van der Waals surface area (Å²) in [5.74, 6) is -0.193. The van der Waals surface area contributed by atoms with Crippen LogP contribution in [0, 0.1) is 0 Å². The molecule has 0 saturated carbocycles. The average Bonchev–Trinajstić information content (AvgIpc) is 3.46. The van der Waals surface area contributed by atoms with Crippen LogP contribution in [0.2, 0.25) is 0 Å². The van der Waals surface area contributed by atoms with E-state index in [-0.39, 0.29) is 24.3 Å². The number of carbonyl (C=O) groups is 1. The topological polar surface area (TPSA) is 51.4 Å². The Balaban J connectivity index is 1.35. The normalized spacial score (nSPS) is 27.9. The number of carbonyl (C=O) groups excluding carboxylic acids is 1. The van der Waals surface area contributed by atoms with Crippen molar-refractivity contribution in [2.24, 2.45) is 0 Å². The molecular weight excluding hydrogens is 304 g/mol. The highest BCUT2D eigenvalue weighted by Crippen LogP contribution is 2.40. The first kappa shape index (κ1) is 19.7. The Bertz CT molecular complexity index is 358. The fourth-order valence-electron chi connectivity index (χ4n) is 3.37. The molecule has 0 aromatic heterocycles. The quantitative estimate of drug-likeness (QED) is 0.244. The molecule has 4 heteroatoms. The fourth-order valence-corrected chi connectivity index (χ4v) is 3.37. The minimum atomic E-state index is -0.361. The predicted octanol–water partition coefficient (Wildman–Crippen LogP) is 4.79. The van der Waals surface area contributed by atoms with Crippen LogP contribution >= 0.6 is 0 Å². The Morgan fingerprint density at radius 2 is 1.42 bits per heavy atom. The van der Waals surface area contributed by atoms with Crippen molar-refractivity contribution in [1.29, 1.82) is 0 Å². The molecule has 2 fully saturated rings. The molecule has 2 rings (SSSR count). The number of hydrogen-bond donors (Lipinski definition) is 0. The van der Waals surface area contributed by atoms with Crippen molar-refractivity contribution in [2.75, 3.05) is 6.61 Å². The Hall–Kier alpha value is -0.610. The third-order valence-electron chi connectivity index (χ3n) is 5.02. The van der Waals surface area contributed by atoms with Gasteiger partial charge in [-0.25, -0.2) is 4.79 Å². The first-order chi connectivity index (χ1) is 11.8. The predicted molar refractivity (Wildman–Crippen MR) is 95.0 cm³/mol. The molecule has 0 aliphatic carbocycles. The Kier molecular flexibility index (Phi) is 9.11. The van der Waals surface area contributed by atoms with Crippen molar-refractivity contribution in [3.8, 4) is 0 Å². The van der Waals surface area contributed by atoms with E-state index in [9.17, 15) is 4.79 Å². The molecule has 0 radical (unpaired) electrons. The summed E-state index contributed by atoms with van der Waals surface area (Å²) < 4.78 is 16.3. The average molecular weight is 341 g/mol. The number of esters is 1. The monoisotopic (exact) mass is 340 g/mol. The second-order valence-electron chi connectivity index (χ2n) is 7.30. The number of ether oxygens (including phenoxy) is 3. The van der Waals surface area contributed by atoms with Crippen LogP contribution in [0.1, 0.15) is 90.9 Å². The standard InChI is InChI=1S/C20H36O4/c1-3-5-6-7-8-9-10-11-12-13-15-22-20(21)19-18(24-19)17-16(23-17)14-4-2/h16-19H,3-15H2,1-2H3. The molecule has 4 unspecified atom stereocenters. The van der Waals surface area contributed by atoms with Crippen molar-refractivity contribution in [1.82, 2.24) is 0 Å². The molecule has 2 heterocycles. The molecule has 4 atom stereocenters. The van der Waals surface area contributed by atoms with Crippen molar-refractivity contribution in [3.63, 3.8) is 0 Å². The van der Waals surface area contributed by atoms with Gasteiger partial charge in [0.15, 0.2) is 6.10 Å². The second-order valence-corrected chi connectivity index (χ2v) is 7.30. The molecule has 140 valence electrons. The minimum Gasteiger partial charge on any atom is -0.464 e. The lowest BCUT2D eigenvalue weighted by Gasteiger charge is -2.04. The highest BCUT2D eigenvalue weighted by molar-refractivity contribution is 5.78. The number of epoxide rings is 2. The maximum Gasteiger partial charge on any atom is 0.338 e. The molecular formula is C20H36O4. The van der Waals surface area contributed by atoms with Crippen LogP contribution in [0.25, 0.3) is 0 Å². The zero-order valence-electron chi connectivity index (χ0n) is 15.6. The van der Waals surface area contributed by atoms with E-state index >= 15 is 0 Å². The van der Waals surface area contributed by atoms with Gasteiger partial charge in [0.1, 0.15) is 12.2 Å². The lowest BCUT2D eigenvalue weighted by atomic mass is 10.1. The fraction of sp³-hybridized carbons (Fsp3) is 0.950. The van der Waals surface area contributed by atoms with E-state index in [0.717, 1.165) is 25.7 Å². The molecule has 0 amide bonds. The summed E-state index contributed by atoms with van der Waals surface area (Å²) in [6.07, 6.45) is 15.1. The number of hydrogen-bond acceptors (Lipinski definition) is 4. The van der Waals surface area contributed by atoms with Gasteiger partial charge in [-0.3, -0.25) is 0 Å². The van der Waals surface area contributed by atoms with E-state index in [1.54, 1.807) is 0 Å². The van der Waals surface area contributed by atoms with E-state index in [0.29, 0.717) is 12.7 Å². The van der Waals surface area contributed by atoms with Gasteiger partial charge in [-0.05, 0) is 12.8 Å². The Labute approximate surface area is 147 Å². The van der Waals surface area contributed by atoms with Gasteiger partial charge in [-0.1, -0.05) is 78.1 Å². The van der Waals surface area contributed by atoms with E-state index in [2.05, 4.69) is 13.8 Å². The lowest BCUT2D eigenvalue weighted by molar-refractivity contribution is -0.145. The summed E-state index contributed by atoms with van der Waals surface area (Å²) in [5.41, 5.74) is 0. The van der Waals surface area contributed by atoms with Crippen molar-refractivity contribution < 1.29 is 19.0 Å². The zero-order valence-corrected chi connectivity index (χ0v) is 15.6. The molecule has 2 aliphatic heterocycles. The highest BCUT2D eigenvalue weighted by Gasteiger charge is 2.60. The van der Waals surface area contributed by atoms with E-state index < -0.39 is 0 Å². The van der Waals surface area contributed by atoms with Gasteiger partial charge in [0.25, 0.3) is 0 Å². The highest BCUT2D eigenvalue weighted by atomic mass is 16.7. The van der Waals surface area contributed by atoms with Gasteiger partial charge in [0.05, 0.1) is 12.7 Å². The summed E-state index contributed by atoms with van der Waals surface area (Å²) in [6, 6.07) is 0. The summed E-state index contributed by atoms with van der Waals surface area (Å²) >= 11 is 0. The van der Waals surface area contributed by atoms with Gasteiger partial charge in [0.2, 0.25) is 0 Å². The van der Waals surface area contributed by atoms with Crippen LogP contribution in [-0.2, 0) is 19.0 Å². The third kappa shape index (κ3) is 7.10. The molecule has 4 nitrogen and oxygen atoms in total. The Morgan fingerprint density at radius 3 is 2.04 bits per heavy atom. The summed E-state index contributed by atoms with van der Waals surface area (Å²) in [4.78, 5) is 11.9. The molecule has 0 spiro atoms. The molecule has 0 aromatic carbocycles. The molecule has 0 bridgehead atoms. The maximum atomic E-state index is 11.9. The van der Waals surface area contributed by atoms with Crippen LogP contribution in [0.5, 0.6) is 0 Å². The van der Waals surface area contributed by atoms with E-state index in [4.69, 9.17) is 14.2 Å². The lowest BCUT2D eigenvalue weighted by Crippen LogP contribution is -2.17. The third-order valence-corrected chi connectivity index (χ3v) is 5.02. The Morgan fingerprint density at radius 1 is 0.792 bits per heavy atom. The summed E-state index contributed by atoms with van der Waals surface area (Å²) in [6.45, 7) is 4.93.